The number of ether oxygens (including phenoxy) is 2. The summed E-state index contributed by atoms with van der Waals surface area (Å²) in [5.41, 5.74) is 1.13. The smallest absolute Gasteiger partial charge is 0.326 e. The van der Waals surface area contributed by atoms with Gasteiger partial charge in [-0.05, 0) is 76.1 Å². The Balaban J connectivity index is 1.80. The SMILES string of the molecule is CCCCOC(=O)[C@H](CCc1ccccc1)N[C@@H]1CC[C@@H](c2ccc(F)cc2)C(=O)N(CC(=O)OC(C)(C)C)C1. The third-order valence-electron chi connectivity index (χ3n) is 6.89. The summed E-state index contributed by atoms with van der Waals surface area (Å²) < 4.78 is 24.7. The third kappa shape index (κ3) is 10.0. The number of amides is 1. The van der Waals surface area contributed by atoms with E-state index in [0.29, 0.717) is 37.9 Å². The maximum absolute atomic E-state index is 13.7. The van der Waals surface area contributed by atoms with Crippen molar-refractivity contribution in [2.45, 2.75) is 89.8 Å². The van der Waals surface area contributed by atoms with Gasteiger partial charge in [0.15, 0.2) is 0 Å². The molecule has 7 nitrogen and oxygen atoms in total. The standard InChI is InChI=1S/C32H43FN2O5/c1-5-6-20-39-31(38)28(19-12-23-10-8-7-9-11-23)34-26-17-18-27(24-13-15-25(33)16-14-24)30(37)35(21-26)22-29(36)40-32(2,3)4/h7-11,13-16,26-28,34H,5-6,12,17-22H2,1-4H3/t26-,27+,28+/m1/s1. The van der Waals surface area contributed by atoms with E-state index < -0.39 is 23.5 Å². The van der Waals surface area contributed by atoms with Crippen LogP contribution in [0.5, 0.6) is 0 Å². The van der Waals surface area contributed by atoms with Crippen LogP contribution in [0.2, 0.25) is 0 Å². The lowest BCUT2D eigenvalue weighted by atomic mass is 9.92. The zero-order chi connectivity index (χ0) is 29.1. The highest BCUT2D eigenvalue weighted by molar-refractivity contribution is 5.87. The summed E-state index contributed by atoms with van der Waals surface area (Å²) in [6, 6.07) is 15.0. The highest BCUT2D eigenvalue weighted by atomic mass is 19.1. The molecule has 0 saturated carbocycles. The zero-order valence-electron chi connectivity index (χ0n) is 24.2. The number of hydrogen-bond donors (Lipinski definition) is 1. The Labute approximate surface area is 237 Å². The second kappa shape index (κ2) is 14.9. The number of hydrogen-bond acceptors (Lipinski definition) is 6. The fraction of sp³-hybridized carbons (Fsp3) is 0.531. The maximum atomic E-state index is 13.7. The highest BCUT2D eigenvalue weighted by Crippen LogP contribution is 2.29. The first kappa shape index (κ1) is 31.3. The minimum Gasteiger partial charge on any atom is -0.465 e. The Morgan fingerprint density at radius 2 is 1.77 bits per heavy atom. The zero-order valence-corrected chi connectivity index (χ0v) is 24.2. The molecule has 1 N–H and O–H groups in total. The molecule has 3 atom stereocenters. The van der Waals surface area contributed by atoms with Gasteiger partial charge in [-0.15, -0.1) is 0 Å². The molecule has 218 valence electrons. The van der Waals surface area contributed by atoms with Crippen LogP contribution < -0.4 is 5.32 Å². The molecule has 0 aromatic heterocycles. The van der Waals surface area contributed by atoms with E-state index in [1.807, 2.05) is 37.3 Å². The van der Waals surface area contributed by atoms with Gasteiger partial charge >= 0.3 is 11.9 Å². The molecule has 2 aromatic rings. The van der Waals surface area contributed by atoms with Gasteiger partial charge in [-0.1, -0.05) is 55.8 Å². The molecule has 40 heavy (non-hydrogen) atoms. The Bertz CT molecular complexity index is 1100. The van der Waals surface area contributed by atoms with Crippen molar-refractivity contribution in [1.82, 2.24) is 10.2 Å². The van der Waals surface area contributed by atoms with Gasteiger partial charge in [0, 0.05) is 12.6 Å². The number of nitrogens with one attached hydrogen (secondary N) is 1. The molecule has 1 aliphatic heterocycles. The minimum absolute atomic E-state index is 0.207. The van der Waals surface area contributed by atoms with Crippen LogP contribution in [-0.4, -0.2) is 60.1 Å². The van der Waals surface area contributed by atoms with Crippen LogP contribution in [-0.2, 0) is 30.3 Å². The van der Waals surface area contributed by atoms with E-state index in [4.69, 9.17) is 9.47 Å². The summed E-state index contributed by atoms with van der Waals surface area (Å²) in [7, 11) is 0. The van der Waals surface area contributed by atoms with Crippen molar-refractivity contribution in [2.75, 3.05) is 19.7 Å². The summed E-state index contributed by atoms with van der Waals surface area (Å²) in [6.07, 6.45) is 4.01. The fourth-order valence-corrected chi connectivity index (χ4v) is 4.90. The molecule has 1 aliphatic rings. The highest BCUT2D eigenvalue weighted by Gasteiger charge is 2.35. The Morgan fingerprint density at radius 3 is 2.42 bits per heavy atom. The van der Waals surface area contributed by atoms with Gasteiger partial charge < -0.3 is 14.4 Å². The first-order chi connectivity index (χ1) is 19.1. The maximum Gasteiger partial charge on any atom is 0.326 e. The topological polar surface area (TPSA) is 84.9 Å². The number of nitrogens with zero attached hydrogens (tertiary/aromatic N) is 1. The quantitative estimate of drug-likeness (QED) is 0.288. The summed E-state index contributed by atoms with van der Waals surface area (Å²) >= 11 is 0. The summed E-state index contributed by atoms with van der Waals surface area (Å²) in [5, 5.41) is 3.47. The summed E-state index contributed by atoms with van der Waals surface area (Å²) in [5.74, 6) is -1.94. The van der Waals surface area contributed by atoms with Crippen molar-refractivity contribution >= 4 is 17.8 Å². The van der Waals surface area contributed by atoms with Crippen LogP contribution in [0.1, 0.15) is 76.8 Å². The Hall–Kier alpha value is -3.26. The van der Waals surface area contributed by atoms with Gasteiger partial charge in [0.05, 0.1) is 12.5 Å². The van der Waals surface area contributed by atoms with Crippen molar-refractivity contribution in [3.8, 4) is 0 Å². The molecule has 0 spiro atoms. The molecule has 0 bridgehead atoms. The summed E-state index contributed by atoms with van der Waals surface area (Å²) in [4.78, 5) is 41.1. The number of likely N-dealkylation sites (tertiary alicyclic amines) is 1. The number of rotatable bonds is 12. The lowest BCUT2D eigenvalue weighted by molar-refractivity contribution is -0.159. The molecule has 0 radical (unpaired) electrons. The van der Waals surface area contributed by atoms with Crippen LogP contribution >= 0.6 is 0 Å². The van der Waals surface area contributed by atoms with E-state index >= 15 is 0 Å². The first-order valence-corrected chi connectivity index (χ1v) is 14.3. The van der Waals surface area contributed by atoms with Crippen LogP contribution in [0.3, 0.4) is 0 Å². The number of halogens is 1. The molecule has 3 rings (SSSR count). The Morgan fingerprint density at radius 1 is 1.07 bits per heavy atom. The lowest BCUT2D eigenvalue weighted by Gasteiger charge is -2.29. The first-order valence-electron chi connectivity index (χ1n) is 14.3. The van der Waals surface area contributed by atoms with E-state index in [9.17, 15) is 18.8 Å². The summed E-state index contributed by atoms with van der Waals surface area (Å²) in [6.45, 7) is 7.77. The van der Waals surface area contributed by atoms with Crippen LogP contribution in [0.4, 0.5) is 4.39 Å². The second-order valence-electron chi connectivity index (χ2n) is 11.4. The van der Waals surface area contributed by atoms with E-state index in [1.54, 1.807) is 32.9 Å². The number of benzene rings is 2. The van der Waals surface area contributed by atoms with Crippen LogP contribution in [0, 0.1) is 5.82 Å². The molecule has 1 heterocycles. The van der Waals surface area contributed by atoms with E-state index in [2.05, 4.69) is 5.32 Å². The molecule has 0 unspecified atom stereocenters. The lowest BCUT2D eigenvalue weighted by Crippen LogP contribution is -2.50. The average Bonchev–Trinajstić information content (AvgIpc) is 3.05. The molecule has 1 amide bonds. The number of aryl methyl sites for hydroxylation is 1. The molecule has 2 aromatic carbocycles. The molecular formula is C32H43FN2O5. The van der Waals surface area contributed by atoms with Crippen LogP contribution in [0.15, 0.2) is 54.6 Å². The van der Waals surface area contributed by atoms with Gasteiger partial charge in [0.2, 0.25) is 5.91 Å². The molecule has 8 heteroatoms. The number of carbonyl (C=O) groups is 3. The third-order valence-corrected chi connectivity index (χ3v) is 6.89. The predicted octanol–water partition coefficient (Wildman–Crippen LogP) is 5.18. The normalized spacial score (nSPS) is 18.6. The van der Waals surface area contributed by atoms with Crippen molar-refractivity contribution in [3.05, 3.63) is 71.5 Å². The minimum atomic E-state index is -0.690. The molecular weight excluding hydrogens is 511 g/mol. The van der Waals surface area contributed by atoms with Gasteiger partial charge in [-0.3, -0.25) is 19.7 Å². The van der Waals surface area contributed by atoms with E-state index in [0.717, 1.165) is 18.4 Å². The predicted molar refractivity (Wildman–Crippen MR) is 152 cm³/mol. The second-order valence-corrected chi connectivity index (χ2v) is 11.4. The van der Waals surface area contributed by atoms with Crippen molar-refractivity contribution in [1.29, 1.82) is 0 Å². The van der Waals surface area contributed by atoms with Gasteiger partial charge in [0.1, 0.15) is 24.0 Å². The van der Waals surface area contributed by atoms with Crippen molar-refractivity contribution < 1.29 is 28.2 Å². The van der Waals surface area contributed by atoms with Gasteiger partial charge in [0.25, 0.3) is 0 Å². The number of esters is 2. The number of carbonyl (C=O) groups excluding carboxylic acids is 3. The average molecular weight is 555 g/mol. The Kier molecular flexibility index (Phi) is 11.7. The van der Waals surface area contributed by atoms with E-state index in [1.165, 1.54) is 17.0 Å². The molecule has 1 saturated heterocycles. The fourth-order valence-electron chi connectivity index (χ4n) is 4.90. The van der Waals surface area contributed by atoms with Crippen molar-refractivity contribution in [3.63, 3.8) is 0 Å². The van der Waals surface area contributed by atoms with Crippen LogP contribution in [0.25, 0.3) is 0 Å². The molecule has 0 aliphatic carbocycles. The van der Waals surface area contributed by atoms with E-state index in [-0.39, 0.29) is 36.8 Å². The van der Waals surface area contributed by atoms with Crippen molar-refractivity contribution in [2.24, 2.45) is 0 Å². The number of unbranched alkanes of at least 4 members (excludes halogenated alkanes) is 1. The van der Waals surface area contributed by atoms with Gasteiger partial charge in [-0.2, -0.15) is 0 Å². The molecule has 1 fully saturated rings. The largest absolute Gasteiger partial charge is 0.465 e. The monoisotopic (exact) mass is 554 g/mol. The van der Waals surface area contributed by atoms with Gasteiger partial charge in [-0.25, -0.2) is 4.39 Å².